The van der Waals surface area contributed by atoms with Crippen molar-refractivity contribution in [1.29, 1.82) is 0 Å². The third-order valence-corrected chi connectivity index (χ3v) is 3.36. The van der Waals surface area contributed by atoms with Gasteiger partial charge in [-0.25, -0.2) is 13.2 Å². The highest BCUT2D eigenvalue weighted by Crippen LogP contribution is 2.35. The molecule has 0 saturated heterocycles. The largest absolute Gasteiger partial charge is 0.492 e. The van der Waals surface area contributed by atoms with Gasteiger partial charge >= 0.3 is 7.12 Å². The van der Waals surface area contributed by atoms with Crippen LogP contribution in [-0.4, -0.2) is 18.7 Å². The maximum absolute atomic E-state index is 14.0. The Hall–Kier alpha value is -2.05. The summed E-state index contributed by atoms with van der Waals surface area (Å²) in [4.78, 5) is 0. The molecule has 3 rings (SSSR count). The van der Waals surface area contributed by atoms with Crippen molar-refractivity contribution >= 4 is 18.2 Å². The Labute approximate surface area is 119 Å². The first-order valence-corrected chi connectivity index (χ1v) is 6.31. The van der Waals surface area contributed by atoms with E-state index < -0.39 is 24.6 Å². The molecule has 0 atom stereocenters. The number of halogens is 3. The van der Waals surface area contributed by atoms with Gasteiger partial charge in [0.2, 0.25) is 0 Å². The first kappa shape index (κ1) is 13.9. The van der Waals surface area contributed by atoms with Crippen molar-refractivity contribution in [3.63, 3.8) is 0 Å². The van der Waals surface area contributed by atoms with Gasteiger partial charge in [-0.2, -0.15) is 0 Å². The minimum Gasteiger partial charge on any atom is -0.423 e. The van der Waals surface area contributed by atoms with Crippen molar-refractivity contribution in [3.8, 4) is 0 Å². The minimum absolute atomic E-state index is 0.0398. The Morgan fingerprint density at radius 3 is 2.48 bits per heavy atom. The lowest BCUT2D eigenvalue weighted by Crippen LogP contribution is -2.15. The summed E-state index contributed by atoms with van der Waals surface area (Å²) in [6, 6.07) is 10.2. The van der Waals surface area contributed by atoms with Gasteiger partial charge in [-0.05, 0) is 22.7 Å². The fourth-order valence-electron chi connectivity index (χ4n) is 2.40. The first-order valence-electron chi connectivity index (χ1n) is 6.31. The lowest BCUT2D eigenvalue weighted by atomic mass is 9.73. The van der Waals surface area contributed by atoms with E-state index in [1.54, 1.807) is 30.3 Å². The van der Waals surface area contributed by atoms with Crippen LogP contribution in [0.4, 0.5) is 13.2 Å². The number of hydrogen-bond acceptors (Lipinski definition) is 2. The average molecular weight is 290 g/mol. The molecule has 0 amide bonds. The molecule has 0 aromatic heterocycles. The van der Waals surface area contributed by atoms with Crippen LogP contribution >= 0.6 is 0 Å². The normalized spacial score (nSPS) is 15.0. The molecule has 0 spiro atoms. The Morgan fingerprint density at radius 2 is 1.76 bits per heavy atom. The van der Waals surface area contributed by atoms with Crippen LogP contribution in [0.25, 0.3) is 11.0 Å². The molecule has 0 unspecified atom stereocenters. The van der Waals surface area contributed by atoms with Crippen molar-refractivity contribution in [1.82, 2.24) is 0 Å². The molecule has 1 aliphatic rings. The molecule has 0 bridgehead atoms. The standard InChI is InChI=1S/C15H10BF3O2/c17-10-6-11(15(19)13(18)7-10)14-12(8-21-16(14)20)9-4-2-1-3-5-9/h1-7,20H,8H2. The summed E-state index contributed by atoms with van der Waals surface area (Å²) >= 11 is 0. The van der Waals surface area contributed by atoms with Gasteiger partial charge < -0.3 is 9.68 Å². The van der Waals surface area contributed by atoms with Crippen molar-refractivity contribution in [2.45, 2.75) is 0 Å². The average Bonchev–Trinajstić information content (AvgIpc) is 2.85. The van der Waals surface area contributed by atoms with E-state index >= 15 is 0 Å². The summed E-state index contributed by atoms with van der Waals surface area (Å²) in [6.45, 7) is 0.0398. The third-order valence-electron chi connectivity index (χ3n) is 3.36. The number of benzene rings is 2. The molecular formula is C15H10BF3O2. The second-order valence-electron chi connectivity index (χ2n) is 4.67. The zero-order valence-corrected chi connectivity index (χ0v) is 10.8. The fourth-order valence-corrected chi connectivity index (χ4v) is 2.40. The molecule has 6 heteroatoms. The Bertz CT molecular complexity index is 716. The van der Waals surface area contributed by atoms with Crippen LogP contribution in [-0.2, 0) is 4.65 Å². The zero-order valence-electron chi connectivity index (χ0n) is 10.8. The van der Waals surface area contributed by atoms with Gasteiger partial charge in [0.05, 0.1) is 6.61 Å². The van der Waals surface area contributed by atoms with E-state index in [2.05, 4.69) is 0 Å². The molecule has 1 heterocycles. The summed E-state index contributed by atoms with van der Waals surface area (Å²) in [5.74, 6) is -3.42. The quantitative estimate of drug-likeness (QED) is 0.680. The zero-order chi connectivity index (χ0) is 15.0. The van der Waals surface area contributed by atoms with Gasteiger partial charge in [-0.3, -0.25) is 0 Å². The van der Waals surface area contributed by atoms with Crippen LogP contribution in [0.3, 0.4) is 0 Å². The monoisotopic (exact) mass is 290 g/mol. The van der Waals surface area contributed by atoms with E-state index in [-0.39, 0.29) is 17.6 Å². The third kappa shape index (κ3) is 2.48. The first-order chi connectivity index (χ1) is 10.1. The van der Waals surface area contributed by atoms with E-state index in [1.807, 2.05) is 0 Å². The smallest absolute Gasteiger partial charge is 0.423 e. The molecule has 0 saturated carbocycles. The second-order valence-corrected chi connectivity index (χ2v) is 4.67. The van der Waals surface area contributed by atoms with Crippen molar-refractivity contribution in [2.24, 2.45) is 0 Å². The lowest BCUT2D eigenvalue weighted by Gasteiger charge is -2.09. The van der Waals surface area contributed by atoms with Gasteiger partial charge in [0.1, 0.15) is 5.82 Å². The summed E-state index contributed by atoms with van der Waals surface area (Å²) in [7, 11) is -1.42. The highest BCUT2D eigenvalue weighted by molar-refractivity contribution is 6.71. The van der Waals surface area contributed by atoms with Gasteiger partial charge in [0.15, 0.2) is 11.6 Å². The van der Waals surface area contributed by atoms with Gasteiger partial charge in [0.25, 0.3) is 0 Å². The molecule has 0 fully saturated rings. The molecule has 106 valence electrons. The van der Waals surface area contributed by atoms with E-state index in [4.69, 9.17) is 4.65 Å². The summed E-state index contributed by atoms with van der Waals surface area (Å²) in [5.41, 5.74) is 0.938. The minimum atomic E-state index is -1.42. The molecule has 2 aromatic carbocycles. The molecule has 2 nitrogen and oxygen atoms in total. The number of hydrogen-bond donors (Lipinski definition) is 1. The molecular weight excluding hydrogens is 280 g/mol. The molecule has 0 radical (unpaired) electrons. The van der Waals surface area contributed by atoms with Crippen LogP contribution < -0.4 is 0 Å². The van der Waals surface area contributed by atoms with Crippen LogP contribution in [0.15, 0.2) is 42.5 Å². The van der Waals surface area contributed by atoms with Crippen LogP contribution in [0.2, 0.25) is 0 Å². The highest BCUT2D eigenvalue weighted by atomic mass is 19.2. The SMILES string of the molecule is OB1OCC(c2ccccc2)=C1c1cc(F)cc(F)c1F. The van der Waals surface area contributed by atoms with Crippen molar-refractivity contribution < 1.29 is 22.8 Å². The molecule has 1 aliphatic heterocycles. The maximum Gasteiger partial charge on any atom is 0.492 e. The molecule has 0 aliphatic carbocycles. The van der Waals surface area contributed by atoms with Gasteiger partial charge in [0, 0.05) is 11.6 Å². The van der Waals surface area contributed by atoms with E-state index in [0.29, 0.717) is 17.2 Å². The van der Waals surface area contributed by atoms with E-state index in [0.717, 1.165) is 6.07 Å². The Kier molecular flexibility index (Phi) is 3.57. The predicted octanol–water partition coefficient (Wildman–Crippen LogP) is 3.06. The summed E-state index contributed by atoms with van der Waals surface area (Å²) < 4.78 is 45.8. The van der Waals surface area contributed by atoms with E-state index in [9.17, 15) is 18.2 Å². The number of rotatable bonds is 2. The summed E-state index contributed by atoms with van der Waals surface area (Å²) in [6.07, 6.45) is 0. The van der Waals surface area contributed by atoms with Crippen molar-refractivity contribution in [3.05, 3.63) is 71.0 Å². The Morgan fingerprint density at radius 1 is 1.05 bits per heavy atom. The molecule has 2 aromatic rings. The van der Waals surface area contributed by atoms with Crippen molar-refractivity contribution in [2.75, 3.05) is 6.61 Å². The lowest BCUT2D eigenvalue weighted by molar-refractivity contribution is 0.320. The van der Waals surface area contributed by atoms with Crippen LogP contribution in [0.5, 0.6) is 0 Å². The van der Waals surface area contributed by atoms with E-state index in [1.165, 1.54) is 0 Å². The molecule has 21 heavy (non-hydrogen) atoms. The molecule has 1 N–H and O–H groups in total. The fraction of sp³-hybridized carbons (Fsp3) is 0.0667. The van der Waals surface area contributed by atoms with Gasteiger partial charge in [-0.15, -0.1) is 0 Å². The van der Waals surface area contributed by atoms with Crippen LogP contribution in [0, 0.1) is 17.5 Å². The van der Waals surface area contributed by atoms with Gasteiger partial charge in [-0.1, -0.05) is 30.3 Å². The predicted molar refractivity (Wildman–Crippen MR) is 73.5 cm³/mol. The second kappa shape index (κ2) is 5.39. The van der Waals surface area contributed by atoms with Crippen LogP contribution in [0.1, 0.15) is 11.1 Å². The highest BCUT2D eigenvalue weighted by Gasteiger charge is 2.34. The Balaban J connectivity index is 2.23. The maximum atomic E-state index is 14.0. The topological polar surface area (TPSA) is 29.5 Å². The summed E-state index contributed by atoms with van der Waals surface area (Å²) in [5, 5.41) is 9.89.